The molecule has 0 bridgehead atoms. The van der Waals surface area contributed by atoms with Crippen LogP contribution >= 0.6 is 0 Å². The molecule has 0 unspecified atom stereocenters. The van der Waals surface area contributed by atoms with E-state index in [1.165, 1.54) is 24.3 Å². The zero-order valence-corrected chi connectivity index (χ0v) is 33.3. The molecule has 3 amide bonds. The molecule has 1 aliphatic rings. The lowest BCUT2D eigenvalue weighted by Gasteiger charge is -2.29. The molecule has 12 nitrogen and oxygen atoms in total. The molecule has 4 aromatic carbocycles. The number of benzene rings is 4. The van der Waals surface area contributed by atoms with Crippen LogP contribution in [0.5, 0.6) is 0 Å². The van der Waals surface area contributed by atoms with Gasteiger partial charge >= 0.3 is 24.3 Å². The number of nitrogens with zero attached hydrogens (tertiary/aromatic N) is 4. The SMILES string of the molecule is CC(C)(C)OC(=O)N(C(=O)[C@@H]1C[C@@](C)(CC(=O)OCc2ccccc2)c2ncc(N(Cc3cccc(C(F)(F)F)c3)C(=O)OCc3ccccc3)c(=O)n21)c1ccccc1. The first-order chi connectivity index (χ1) is 28.4. The highest BCUT2D eigenvalue weighted by atomic mass is 19.4. The number of amides is 3. The number of carbonyl (C=O) groups excluding carboxylic acids is 4. The second-order valence-electron chi connectivity index (χ2n) is 15.6. The third-order valence-electron chi connectivity index (χ3n) is 9.65. The quantitative estimate of drug-likeness (QED) is 0.0945. The van der Waals surface area contributed by atoms with E-state index in [-0.39, 0.29) is 43.1 Å². The number of aromatic nitrogens is 2. The second kappa shape index (κ2) is 17.6. The lowest BCUT2D eigenvalue weighted by atomic mass is 9.82. The van der Waals surface area contributed by atoms with Crippen molar-refractivity contribution < 1.29 is 46.6 Å². The number of esters is 1. The predicted octanol–water partition coefficient (Wildman–Crippen LogP) is 8.91. The van der Waals surface area contributed by atoms with Crippen molar-refractivity contribution in [3.05, 3.63) is 160 Å². The van der Waals surface area contributed by atoms with E-state index in [1.807, 2.05) is 6.07 Å². The molecule has 2 atom stereocenters. The lowest BCUT2D eigenvalue weighted by molar-refractivity contribution is -0.146. The summed E-state index contributed by atoms with van der Waals surface area (Å²) in [5.74, 6) is -1.60. The van der Waals surface area contributed by atoms with Crippen molar-refractivity contribution in [2.75, 3.05) is 9.80 Å². The Morgan fingerprint density at radius 1 is 0.783 bits per heavy atom. The van der Waals surface area contributed by atoms with Gasteiger partial charge in [0.05, 0.1) is 30.4 Å². The van der Waals surface area contributed by atoms with Gasteiger partial charge in [-0.1, -0.05) is 97.9 Å². The summed E-state index contributed by atoms with van der Waals surface area (Å²) < 4.78 is 59.2. The molecule has 6 rings (SSSR count). The number of fused-ring (bicyclic) bond motifs is 1. The van der Waals surface area contributed by atoms with Gasteiger partial charge in [-0.15, -0.1) is 0 Å². The van der Waals surface area contributed by atoms with Crippen molar-refractivity contribution in [2.45, 2.75) is 83.5 Å². The Balaban J connectivity index is 1.45. The fraction of sp³-hybridized carbons (Fsp3) is 0.289. The summed E-state index contributed by atoms with van der Waals surface area (Å²) in [6.45, 7) is 5.63. The highest BCUT2D eigenvalue weighted by molar-refractivity contribution is 6.14. The van der Waals surface area contributed by atoms with E-state index >= 15 is 0 Å². The Kier molecular flexibility index (Phi) is 12.6. The maximum atomic E-state index is 14.9. The standard InChI is InChI=1S/C45H43F3N4O8/c1-43(2,3)60-42(57)51(34-21-12-7-13-22-34)38(54)35-24-44(4,25-37(53)58-28-30-15-8-5-9-16-30)40-49-26-36(39(55)52(35)40)50(41(56)59-29-31-17-10-6-11-18-31)27-32-19-14-20-33(23-32)45(46,47)48/h5-23,26,35H,24-25,27-29H2,1-4H3/t35-,44-/m0/s1. The molecule has 0 N–H and O–H groups in total. The van der Waals surface area contributed by atoms with Gasteiger partial charge in [0.25, 0.3) is 11.5 Å². The molecule has 60 heavy (non-hydrogen) atoms. The maximum Gasteiger partial charge on any atom is 0.421 e. The van der Waals surface area contributed by atoms with Crippen LogP contribution in [0.1, 0.15) is 74.7 Å². The van der Waals surface area contributed by atoms with E-state index < -0.39 is 70.7 Å². The molecule has 2 heterocycles. The molecule has 1 aromatic heterocycles. The van der Waals surface area contributed by atoms with E-state index in [0.29, 0.717) is 5.56 Å². The Morgan fingerprint density at radius 3 is 1.93 bits per heavy atom. The normalized spacial score (nSPS) is 16.0. The Hall–Kier alpha value is -6.77. The summed E-state index contributed by atoms with van der Waals surface area (Å²) in [6.07, 6.45) is -6.35. The Bertz CT molecular complexity index is 2400. The number of hydrogen-bond donors (Lipinski definition) is 0. The highest BCUT2D eigenvalue weighted by Gasteiger charge is 2.50. The fourth-order valence-corrected chi connectivity index (χ4v) is 6.88. The van der Waals surface area contributed by atoms with Crippen LogP contribution in [0.2, 0.25) is 0 Å². The van der Waals surface area contributed by atoms with Crippen molar-refractivity contribution in [3.8, 4) is 0 Å². The number of rotatable bonds is 11. The molecule has 0 spiro atoms. The molecule has 15 heteroatoms. The third kappa shape index (κ3) is 10.1. The number of anilines is 2. The summed E-state index contributed by atoms with van der Waals surface area (Å²) in [4.78, 5) is 77.3. The summed E-state index contributed by atoms with van der Waals surface area (Å²) in [7, 11) is 0. The van der Waals surface area contributed by atoms with Gasteiger partial charge in [0.15, 0.2) is 0 Å². The van der Waals surface area contributed by atoms with Crippen LogP contribution in [0.25, 0.3) is 0 Å². The number of alkyl halides is 3. The van der Waals surface area contributed by atoms with Gasteiger partial charge in [-0.05, 0) is 68.1 Å². The van der Waals surface area contributed by atoms with E-state index in [9.17, 15) is 37.1 Å². The summed E-state index contributed by atoms with van der Waals surface area (Å²) in [6, 6.07) is 28.2. The molecule has 0 saturated carbocycles. The van der Waals surface area contributed by atoms with E-state index in [1.54, 1.807) is 100 Å². The molecule has 0 aliphatic carbocycles. The fourth-order valence-electron chi connectivity index (χ4n) is 6.88. The molecule has 5 aromatic rings. The van der Waals surface area contributed by atoms with Gasteiger partial charge in [0.2, 0.25) is 0 Å². The Morgan fingerprint density at radius 2 is 1.35 bits per heavy atom. The van der Waals surface area contributed by atoms with Crippen LogP contribution < -0.4 is 15.4 Å². The molecule has 1 aliphatic heterocycles. The number of ether oxygens (including phenoxy) is 3. The molecular weight excluding hydrogens is 782 g/mol. The van der Waals surface area contributed by atoms with Gasteiger partial charge < -0.3 is 14.2 Å². The van der Waals surface area contributed by atoms with E-state index in [4.69, 9.17) is 14.2 Å². The van der Waals surface area contributed by atoms with Gasteiger partial charge in [0.1, 0.15) is 36.4 Å². The zero-order valence-electron chi connectivity index (χ0n) is 33.3. The number of halogens is 3. The molecule has 312 valence electrons. The summed E-state index contributed by atoms with van der Waals surface area (Å²) >= 11 is 0. The largest absolute Gasteiger partial charge is 0.461 e. The molecular formula is C45H43F3N4O8. The first kappa shape index (κ1) is 42.8. The number of carbonyl (C=O) groups is 4. The van der Waals surface area contributed by atoms with Crippen LogP contribution in [0.15, 0.2) is 126 Å². The van der Waals surface area contributed by atoms with Gasteiger partial charge in [0, 0.05) is 5.41 Å². The minimum atomic E-state index is -4.71. The maximum absolute atomic E-state index is 14.9. The smallest absolute Gasteiger partial charge is 0.421 e. The number of hydrogen-bond acceptors (Lipinski definition) is 9. The highest BCUT2D eigenvalue weighted by Crippen LogP contribution is 2.44. The van der Waals surface area contributed by atoms with Gasteiger partial charge in [-0.25, -0.2) is 19.5 Å². The summed E-state index contributed by atoms with van der Waals surface area (Å²) in [5.41, 5.74) is -3.31. The average molecular weight is 825 g/mol. The van der Waals surface area contributed by atoms with Crippen LogP contribution in [0.4, 0.5) is 34.1 Å². The van der Waals surface area contributed by atoms with Gasteiger partial charge in [-0.3, -0.25) is 23.9 Å². The first-order valence-corrected chi connectivity index (χ1v) is 19.0. The minimum Gasteiger partial charge on any atom is -0.461 e. The second-order valence-corrected chi connectivity index (χ2v) is 15.6. The van der Waals surface area contributed by atoms with Crippen LogP contribution in [-0.2, 0) is 55.1 Å². The van der Waals surface area contributed by atoms with Crippen molar-refractivity contribution in [1.29, 1.82) is 0 Å². The van der Waals surface area contributed by atoms with Gasteiger partial charge in [-0.2, -0.15) is 13.2 Å². The average Bonchev–Trinajstić information content (AvgIpc) is 3.51. The zero-order chi connectivity index (χ0) is 43.2. The van der Waals surface area contributed by atoms with Crippen LogP contribution in [-0.4, -0.2) is 39.2 Å². The van der Waals surface area contributed by atoms with Crippen molar-refractivity contribution in [3.63, 3.8) is 0 Å². The number of imide groups is 1. The topological polar surface area (TPSA) is 137 Å². The van der Waals surface area contributed by atoms with Crippen LogP contribution in [0, 0.1) is 0 Å². The Labute approximate surface area is 344 Å². The molecule has 0 fully saturated rings. The van der Waals surface area contributed by atoms with Crippen molar-refractivity contribution in [2.24, 2.45) is 0 Å². The minimum absolute atomic E-state index is 0.00480. The van der Waals surface area contributed by atoms with E-state index in [2.05, 4.69) is 4.98 Å². The van der Waals surface area contributed by atoms with Crippen molar-refractivity contribution in [1.82, 2.24) is 9.55 Å². The van der Waals surface area contributed by atoms with Crippen LogP contribution in [0.3, 0.4) is 0 Å². The lowest BCUT2D eigenvalue weighted by Crippen LogP contribution is -2.46. The van der Waals surface area contributed by atoms with Crippen molar-refractivity contribution >= 4 is 35.4 Å². The molecule has 0 saturated heterocycles. The van der Waals surface area contributed by atoms with E-state index in [0.717, 1.165) is 38.3 Å². The number of para-hydroxylation sites is 1. The predicted molar refractivity (Wildman–Crippen MR) is 215 cm³/mol. The first-order valence-electron chi connectivity index (χ1n) is 19.0. The summed E-state index contributed by atoms with van der Waals surface area (Å²) in [5, 5.41) is 0. The monoisotopic (exact) mass is 824 g/mol. The molecule has 0 radical (unpaired) electrons. The third-order valence-corrected chi connectivity index (χ3v) is 9.65.